The molecule has 0 spiro atoms. The quantitative estimate of drug-likeness (QED) is 0.461. The molecule has 0 atom stereocenters. The highest BCUT2D eigenvalue weighted by Gasteiger charge is 2.31. The van der Waals surface area contributed by atoms with Crippen LogP contribution in [0.25, 0.3) is 22.8 Å². The van der Waals surface area contributed by atoms with Crippen molar-refractivity contribution in [3.63, 3.8) is 0 Å². The number of halogens is 1. The van der Waals surface area contributed by atoms with Gasteiger partial charge < -0.3 is 9.88 Å². The van der Waals surface area contributed by atoms with Gasteiger partial charge in [0, 0.05) is 56.2 Å². The highest BCUT2D eigenvalue weighted by molar-refractivity contribution is 7.89. The number of nitrogens with zero attached hydrogens (tertiary/aromatic N) is 5. The van der Waals surface area contributed by atoms with Gasteiger partial charge in [-0.1, -0.05) is 17.7 Å². The number of sulfonamides is 1. The number of hydrogen-bond acceptors (Lipinski definition) is 5. The van der Waals surface area contributed by atoms with Crippen LogP contribution in [-0.2, 0) is 14.8 Å². The number of carbonyl (C=O) groups excluding carboxylic acids is 1. The first kappa shape index (κ1) is 20.7. The first-order chi connectivity index (χ1) is 15.4. The van der Waals surface area contributed by atoms with E-state index in [0.29, 0.717) is 40.6 Å². The molecule has 0 aromatic carbocycles. The van der Waals surface area contributed by atoms with Crippen molar-refractivity contribution >= 4 is 50.3 Å². The second kappa shape index (κ2) is 8.05. The van der Waals surface area contributed by atoms with E-state index in [0.717, 1.165) is 0 Å². The number of amides is 1. The number of pyridine rings is 2. The Morgan fingerprint density at radius 2 is 1.94 bits per heavy atom. The molecule has 1 fully saturated rings. The Bertz CT molecular complexity index is 1450. The molecule has 0 aliphatic carbocycles. The number of nitrogens with one attached hydrogen (secondary N) is 1. The van der Waals surface area contributed by atoms with Crippen molar-refractivity contribution in [2.24, 2.45) is 0 Å². The summed E-state index contributed by atoms with van der Waals surface area (Å²) < 4.78 is 29.4. The lowest BCUT2D eigenvalue weighted by atomic mass is 10.3. The number of aromatic nitrogens is 4. The molecule has 1 aliphatic heterocycles. The van der Waals surface area contributed by atoms with Crippen molar-refractivity contribution < 1.29 is 13.2 Å². The van der Waals surface area contributed by atoms with E-state index in [1.165, 1.54) is 16.6 Å². The summed E-state index contributed by atoms with van der Waals surface area (Å²) in [4.78, 5) is 25.8. The van der Waals surface area contributed by atoms with Gasteiger partial charge >= 0.3 is 0 Å². The molecule has 0 unspecified atom stereocenters. The zero-order valence-electron chi connectivity index (χ0n) is 16.8. The maximum atomic E-state index is 13.1. The normalized spacial score (nSPS) is 15.8. The molecule has 5 rings (SSSR count). The maximum absolute atomic E-state index is 13.1. The Hall–Kier alpha value is -3.21. The molecular weight excluding hydrogens is 452 g/mol. The number of hydrogen-bond donors (Lipinski definition) is 1. The lowest BCUT2D eigenvalue weighted by Crippen LogP contribution is -2.50. The fourth-order valence-corrected chi connectivity index (χ4v) is 5.64. The standard InChI is InChI=1S/C21H19ClN6O3S/c22-20-16(28-9-2-1-5-18(28)25-20)6-7-19(29)26-10-12-27(13-11-26)32(30,31)17-14-24-21-15(17)4-3-8-23-21/h1-9,14H,10-13H2,(H,23,24)/b7-6+. The minimum atomic E-state index is -3.70. The SMILES string of the molecule is O=C(/C=C/c1c(Cl)nc2ccccn12)N1CCN(S(=O)(=O)c2c[nH]c3ncccc23)CC1. The highest BCUT2D eigenvalue weighted by Crippen LogP contribution is 2.25. The molecule has 1 saturated heterocycles. The predicted octanol–water partition coefficient (Wildman–Crippen LogP) is 2.41. The van der Waals surface area contributed by atoms with Crippen LogP contribution in [0.5, 0.6) is 0 Å². The van der Waals surface area contributed by atoms with Crippen LogP contribution in [0.2, 0.25) is 5.15 Å². The Morgan fingerprint density at radius 1 is 1.12 bits per heavy atom. The Morgan fingerprint density at radius 3 is 2.75 bits per heavy atom. The van der Waals surface area contributed by atoms with E-state index >= 15 is 0 Å². The van der Waals surface area contributed by atoms with E-state index in [9.17, 15) is 13.2 Å². The molecule has 9 nitrogen and oxygen atoms in total. The summed E-state index contributed by atoms with van der Waals surface area (Å²) in [5.41, 5.74) is 1.83. The van der Waals surface area contributed by atoms with E-state index in [1.807, 2.05) is 24.4 Å². The van der Waals surface area contributed by atoms with Crippen molar-refractivity contribution in [2.45, 2.75) is 4.90 Å². The van der Waals surface area contributed by atoms with Gasteiger partial charge in [-0.2, -0.15) is 4.31 Å². The Balaban J connectivity index is 1.28. The number of aromatic amines is 1. The zero-order chi connectivity index (χ0) is 22.3. The van der Waals surface area contributed by atoms with Crippen LogP contribution in [0.3, 0.4) is 0 Å². The van der Waals surface area contributed by atoms with Crippen LogP contribution >= 0.6 is 11.6 Å². The van der Waals surface area contributed by atoms with Gasteiger partial charge in [-0.3, -0.25) is 9.20 Å². The van der Waals surface area contributed by atoms with E-state index in [-0.39, 0.29) is 23.9 Å². The van der Waals surface area contributed by atoms with Gasteiger partial charge in [-0.05, 0) is 30.3 Å². The summed E-state index contributed by atoms with van der Waals surface area (Å²) >= 11 is 6.21. The van der Waals surface area contributed by atoms with Gasteiger partial charge in [0.2, 0.25) is 15.9 Å². The molecule has 11 heteroatoms. The third kappa shape index (κ3) is 3.56. The molecular formula is C21H19ClN6O3S. The summed E-state index contributed by atoms with van der Waals surface area (Å²) in [6.45, 7) is 1.02. The van der Waals surface area contributed by atoms with Crippen LogP contribution < -0.4 is 0 Å². The van der Waals surface area contributed by atoms with Gasteiger partial charge in [-0.25, -0.2) is 18.4 Å². The molecule has 0 bridgehead atoms. The van der Waals surface area contributed by atoms with Gasteiger partial charge in [0.05, 0.1) is 5.69 Å². The summed E-state index contributed by atoms with van der Waals surface area (Å²) in [6, 6.07) is 8.97. The van der Waals surface area contributed by atoms with Gasteiger partial charge in [0.15, 0.2) is 5.15 Å². The van der Waals surface area contributed by atoms with Gasteiger partial charge in [-0.15, -0.1) is 0 Å². The monoisotopic (exact) mass is 470 g/mol. The Kier molecular flexibility index (Phi) is 5.20. The van der Waals surface area contributed by atoms with Crippen molar-refractivity contribution in [2.75, 3.05) is 26.2 Å². The number of imidazole rings is 1. The molecule has 4 aromatic heterocycles. The van der Waals surface area contributed by atoms with Crippen molar-refractivity contribution in [1.82, 2.24) is 28.6 Å². The summed E-state index contributed by atoms with van der Waals surface area (Å²) in [5, 5.41) is 0.864. The fourth-order valence-electron chi connectivity index (χ4n) is 3.82. The van der Waals surface area contributed by atoms with Crippen LogP contribution in [0.15, 0.2) is 59.9 Å². The highest BCUT2D eigenvalue weighted by atomic mass is 35.5. The first-order valence-electron chi connectivity index (χ1n) is 9.97. The first-order valence-corrected chi connectivity index (χ1v) is 11.8. The Labute approximate surface area is 189 Å². The lowest BCUT2D eigenvalue weighted by molar-refractivity contribution is -0.127. The van der Waals surface area contributed by atoms with E-state index in [4.69, 9.17) is 11.6 Å². The number of rotatable bonds is 4. The third-order valence-corrected chi connectivity index (χ3v) is 7.70. The minimum absolute atomic E-state index is 0.197. The predicted molar refractivity (Wildman–Crippen MR) is 121 cm³/mol. The topological polar surface area (TPSA) is 104 Å². The largest absolute Gasteiger partial charge is 0.345 e. The van der Waals surface area contributed by atoms with Crippen LogP contribution in [-0.4, -0.2) is 69.1 Å². The van der Waals surface area contributed by atoms with Crippen molar-refractivity contribution in [1.29, 1.82) is 0 Å². The molecule has 164 valence electrons. The maximum Gasteiger partial charge on any atom is 0.246 e. The second-order valence-corrected chi connectivity index (χ2v) is 9.60. The van der Waals surface area contributed by atoms with Gasteiger partial charge in [0.25, 0.3) is 0 Å². The number of piperazine rings is 1. The number of H-pyrrole nitrogens is 1. The molecule has 4 aromatic rings. The summed E-state index contributed by atoms with van der Waals surface area (Å²) in [7, 11) is -3.70. The molecule has 5 heterocycles. The summed E-state index contributed by atoms with van der Waals surface area (Å²) in [5.74, 6) is -0.208. The molecule has 0 radical (unpaired) electrons. The number of carbonyl (C=O) groups is 1. The molecule has 0 saturated carbocycles. The molecule has 1 amide bonds. The molecule has 1 aliphatic rings. The van der Waals surface area contributed by atoms with Crippen molar-refractivity contribution in [3.8, 4) is 0 Å². The fraction of sp³-hybridized carbons (Fsp3) is 0.190. The second-order valence-electron chi connectivity index (χ2n) is 7.33. The van der Waals surface area contributed by atoms with Crippen LogP contribution in [0.1, 0.15) is 5.69 Å². The average molecular weight is 471 g/mol. The van der Waals surface area contributed by atoms with Gasteiger partial charge in [0.1, 0.15) is 16.2 Å². The lowest BCUT2D eigenvalue weighted by Gasteiger charge is -2.33. The molecule has 1 N–H and O–H groups in total. The average Bonchev–Trinajstić information content (AvgIpc) is 3.38. The smallest absolute Gasteiger partial charge is 0.246 e. The zero-order valence-corrected chi connectivity index (χ0v) is 18.4. The molecule has 32 heavy (non-hydrogen) atoms. The number of fused-ring (bicyclic) bond motifs is 2. The van der Waals surface area contributed by atoms with Crippen LogP contribution in [0.4, 0.5) is 0 Å². The third-order valence-electron chi connectivity index (χ3n) is 5.49. The van der Waals surface area contributed by atoms with E-state index in [2.05, 4.69) is 15.0 Å². The van der Waals surface area contributed by atoms with Crippen LogP contribution in [0, 0.1) is 0 Å². The van der Waals surface area contributed by atoms with Crippen molar-refractivity contribution in [3.05, 3.63) is 65.8 Å². The van der Waals surface area contributed by atoms with E-state index in [1.54, 1.807) is 33.7 Å². The van der Waals surface area contributed by atoms with E-state index < -0.39 is 10.0 Å². The minimum Gasteiger partial charge on any atom is -0.345 e. The summed E-state index contributed by atoms with van der Waals surface area (Å²) in [6.07, 6.45) is 7.97.